The van der Waals surface area contributed by atoms with E-state index < -0.39 is 0 Å². The summed E-state index contributed by atoms with van der Waals surface area (Å²) >= 11 is 0. The second kappa shape index (κ2) is 6.48. The SMILES string of the molecule is Cc1nnc(N(C)CCC(N)C(C)C)c(C#N)c1C. The molecular formula is C14H23N5. The van der Waals surface area contributed by atoms with Crippen LogP contribution in [0.3, 0.4) is 0 Å². The lowest BCUT2D eigenvalue weighted by molar-refractivity contribution is 0.465. The van der Waals surface area contributed by atoms with Crippen molar-refractivity contribution in [3.63, 3.8) is 0 Å². The van der Waals surface area contributed by atoms with E-state index in [1.54, 1.807) is 0 Å². The molecule has 0 spiro atoms. The van der Waals surface area contributed by atoms with Crippen LogP contribution in [0, 0.1) is 31.1 Å². The van der Waals surface area contributed by atoms with Gasteiger partial charge in [0.05, 0.1) is 5.69 Å². The number of hydrogen-bond acceptors (Lipinski definition) is 5. The minimum absolute atomic E-state index is 0.160. The van der Waals surface area contributed by atoms with Crippen LogP contribution in [0.15, 0.2) is 0 Å². The average Bonchev–Trinajstić information content (AvgIpc) is 2.38. The topological polar surface area (TPSA) is 78.8 Å². The standard InChI is InChI=1S/C14H23N5/c1-9(2)13(16)6-7-19(5)14-12(8-15)10(3)11(4)17-18-14/h9,13H,6-7,16H2,1-5H3. The van der Waals surface area contributed by atoms with Gasteiger partial charge in [0.2, 0.25) is 0 Å². The highest BCUT2D eigenvalue weighted by Gasteiger charge is 2.16. The number of nitriles is 1. The monoisotopic (exact) mass is 261 g/mol. The van der Waals surface area contributed by atoms with E-state index >= 15 is 0 Å². The lowest BCUT2D eigenvalue weighted by Crippen LogP contribution is -2.32. The van der Waals surface area contributed by atoms with Crippen molar-refractivity contribution in [2.45, 2.75) is 40.2 Å². The first-order valence-electron chi connectivity index (χ1n) is 6.59. The number of aryl methyl sites for hydroxylation is 1. The van der Waals surface area contributed by atoms with E-state index in [1.807, 2.05) is 25.8 Å². The Balaban J connectivity index is 2.86. The second-order valence-corrected chi connectivity index (χ2v) is 5.34. The predicted molar refractivity (Wildman–Crippen MR) is 76.9 cm³/mol. The molecule has 2 N–H and O–H groups in total. The minimum Gasteiger partial charge on any atom is -0.357 e. The molecule has 1 heterocycles. The number of rotatable bonds is 5. The van der Waals surface area contributed by atoms with Gasteiger partial charge in [-0.15, -0.1) is 5.10 Å². The first-order valence-corrected chi connectivity index (χ1v) is 6.59. The minimum atomic E-state index is 0.160. The van der Waals surface area contributed by atoms with Crippen molar-refractivity contribution in [3.05, 3.63) is 16.8 Å². The molecule has 1 atom stereocenters. The molecule has 5 heteroatoms. The second-order valence-electron chi connectivity index (χ2n) is 5.34. The van der Waals surface area contributed by atoms with Crippen molar-refractivity contribution in [2.24, 2.45) is 11.7 Å². The van der Waals surface area contributed by atoms with Gasteiger partial charge in [-0.05, 0) is 31.7 Å². The maximum absolute atomic E-state index is 9.27. The summed E-state index contributed by atoms with van der Waals surface area (Å²) in [7, 11) is 1.92. The Labute approximate surface area is 115 Å². The van der Waals surface area contributed by atoms with Crippen LogP contribution in [0.25, 0.3) is 0 Å². The van der Waals surface area contributed by atoms with Gasteiger partial charge in [0.15, 0.2) is 5.82 Å². The van der Waals surface area contributed by atoms with Crippen LogP contribution in [0.1, 0.15) is 37.1 Å². The van der Waals surface area contributed by atoms with Crippen LogP contribution in [0.2, 0.25) is 0 Å². The number of anilines is 1. The molecule has 0 fully saturated rings. The van der Waals surface area contributed by atoms with Gasteiger partial charge in [-0.1, -0.05) is 13.8 Å². The third-order valence-corrected chi connectivity index (χ3v) is 3.56. The van der Waals surface area contributed by atoms with Crippen LogP contribution in [-0.2, 0) is 0 Å². The van der Waals surface area contributed by atoms with E-state index in [9.17, 15) is 5.26 Å². The maximum Gasteiger partial charge on any atom is 0.169 e. The third kappa shape index (κ3) is 3.65. The summed E-state index contributed by atoms with van der Waals surface area (Å²) in [5.41, 5.74) is 8.34. The highest BCUT2D eigenvalue weighted by atomic mass is 15.2. The van der Waals surface area contributed by atoms with E-state index in [1.165, 1.54) is 0 Å². The quantitative estimate of drug-likeness (QED) is 0.874. The Morgan fingerprint density at radius 2 is 1.95 bits per heavy atom. The van der Waals surface area contributed by atoms with E-state index in [0.29, 0.717) is 17.3 Å². The van der Waals surface area contributed by atoms with Crippen LogP contribution in [0.5, 0.6) is 0 Å². The summed E-state index contributed by atoms with van der Waals surface area (Å²) in [6.07, 6.45) is 0.869. The maximum atomic E-state index is 9.27. The van der Waals surface area contributed by atoms with Gasteiger partial charge in [-0.25, -0.2) is 0 Å². The molecule has 0 aromatic carbocycles. The van der Waals surface area contributed by atoms with E-state index in [2.05, 4.69) is 30.1 Å². The smallest absolute Gasteiger partial charge is 0.169 e. The van der Waals surface area contributed by atoms with Gasteiger partial charge >= 0.3 is 0 Å². The van der Waals surface area contributed by atoms with Gasteiger partial charge < -0.3 is 10.6 Å². The van der Waals surface area contributed by atoms with Gasteiger partial charge in [0.25, 0.3) is 0 Å². The van der Waals surface area contributed by atoms with Crippen molar-refractivity contribution in [2.75, 3.05) is 18.5 Å². The Morgan fingerprint density at radius 1 is 1.32 bits per heavy atom. The highest BCUT2D eigenvalue weighted by Crippen LogP contribution is 2.20. The van der Waals surface area contributed by atoms with Crippen LogP contribution in [0.4, 0.5) is 5.82 Å². The summed E-state index contributed by atoms with van der Waals surface area (Å²) in [4.78, 5) is 1.96. The van der Waals surface area contributed by atoms with Crippen LogP contribution >= 0.6 is 0 Å². The molecule has 104 valence electrons. The zero-order valence-electron chi connectivity index (χ0n) is 12.4. The van der Waals surface area contributed by atoms with E-state index in [0.717, 1.165) is 24.2 Å². The number of nitrogens with zero attached hydrogens (tertiary/aromatic N) is 4. The number of aromatic nitrogens is 2. The molecule has 1 aromatic rings. The van der Waals surface area contributed by atoms with E-state index in [-0.39, 0.29) is 6.04 Å². The molecule has 19 heavy (non-hydrogen) atoms. The summed E-state index contributed by atoms with van der Waals surface area (Å²) in [5.74, 6) is 1.09. The predicted octanol–water partition coefficient (Wildman–Crippen LogP) is 1.77. The molecule has 0 saturated heterocycles. The lowest BCUT2D eigenvalue weighted by Gasteiger charge is -2.23. The first kappa shape index (κ1) is 15.4. The average molecular weight is 261 g/mol. The fourth-order valence-corrected chi connectivity index (χ4v) is 1.78. The normalized spacial score (nSPS) is 12.3. The van der Waals surface area contributed by atoms with Crippen molar-refractivity contribution in [1.82, 2.24) is 10.2 Å². The first-order chi connectivity index (χ1) is 8.88. The summed E-state index contributed by atoms with van der Waals surface area (Å²) in [6.45, 7) is 8.76. The zero-order valence-corrected chi connectivity index (χ0v) is 12.4. The zero-order chi connectivity index (χ0) is 14.6. The molecule has 0 bridgehead atoms. The fraction of sp³-hybridized carbons (Fsp3) is 0.643. The van der Waals surface area contributed by atoms with Gasteiger partial charge in [0.1, 0.15) is 11.6 Å². The Kier molecular flexibility index (Phi) is 5.25. The molecule has 0 aliphatic carbocycles. The molecule has 5 nitrogen and oxygen atoms in total. The van der Waals surface area contributed by atoms with Crippen molar-refractivity contribution in [1.29, 1.82) is 5.26 Å². The molecule has 0 saturated carbocycles. The van der Waals surface area contributed by atoms with Gasteiger partial charge in [-0.3, -0.25) is 0 Å². The third-order valence-electron chi connectivity index (χ3n) is 3.56. The van der Waals surface area contributed by atoms with Crippen LogP contribution < -0.4 is 10.6 Å². The highest BCUT2D eigenvalue weighted by molar-refractivity contribution is 5.57. The molecular weight excluding hydrogens is 238 g/mol. The number of hydrogen-bond donors (Lipinski definition) is 1. The lowest BCUT2D eigenvalue weighted by atomic mass is 10.0. The molecule has 0 radical (unpaired) electrons. The molecule has 1 rings (SSSR count). The van der Waals surface area contributed by atoms with Crippen molar-refractivity contribution in [3.8, 4) is 6.07 Å². The summed E-state index contributed by atoms with van der Waals surface area (Å²) in [5, 5.41) is 17.5. The Bertz CT molecular complexity index is 475. The Morgan fingerprint density at radius 3 is 2.47 bits per heavy atom. The number of nitrogens with two attached hydrogens (primary N) is 1. The van der Waals surface area contributed by atoms with Crippen molar-refractivity contribution < 1.29 is 0 Å². The summed E-state index contributed by atoms with van der Waals surface area (Å²) < 4.78 is 0. The van der Waals surface area contributed by atoms with Crippen LogP contribution in [-0.4, -0.2) is 29.8 Å². The van der Waals surface area contributed by atoms with Gasteiger partial charge in [0, 0.05) is 19.6 Å². The molecule has 1 aromatic heterocycles. The molecule has 0 amide bonds. The van der Waals surface area contributed by atoms with Gasteiger partial charge in [-0.2, -0.15) is 10.4 Å². The molecule has 0 aliphatic heterocycles. The summed E-state index contributed by atoms with van der Waals surface area (Å²) in [6, 6.07) is 2.38. The largest absolute Gasteiger partial charge is 0.357 e. The fourth-order valence-electron chi connectivity index (χ4n) is 1.78. The Hall–Kier alpha value is -1.67. The van der Waals surface area contributed by atoms with Crippen molar-refractivity contribution >= 4 is 5.82 Å². The molecule has 0 aliphatic rings. The van der Waals surface area contributed by atoms with E-state index in [4.69, 9.17) is 5.73 Å². The molecule has 1 unspecified atom stereocenters.